The van der Waals surface area contributed by atoms with Crippen LogP contribution in [0.15, 0.2) is 0 Å². The second kappa shape index (κ2) is 10.6. The van der Waals surface area contributed by atoms with Gasteiger partial charge in [0.15, 0.2) is 0 Å². The standard InChI is InChI=1S/C6H15NO3.Sn/c8-4-1-7(2-5-9)3-6-10;/h8-10H,1-6H2;. The monoisotopic (exact) mass is 269 g/mol. The zero-order valence-corrected chi connectivity index (χ0v) is 9.39. The van der Waals surface area contributed by atoms with Gasteiger partial charge in [0, 0.05) is 43.5 Å². The molecule has 11 heavy (non-hydrogen) atoms. The second-order valence-corrected chi connectivity index (χ2v) is 2.01. The van der Waals surface area contributed by atoms with Crippen molar-refractivity contribution in [3.05, 3.63) is 0 Å². The maximum Gasteiger partial charge on any atom is 0.0558 e. The molecule has 0 rings (SSSR count). The third kappa shape index (κ3) is 8.55. The SMILES string of the molecule is OCCN(CCO)CCO.[Sn]. The maximum absolute atomic E-state index is 8.48. The van der Waals surface area contributed by atoms with Crippen LogP contribution in [0.4, 0.5) is 0 Å². The first kappa shape index (κ1) is 14.2. The molecule has 66 valence electrons. The molecule has 3 N–H and O–H groups in total. The Kier molecular flexibility index (Phi) is 13.7. The summed E-state index contributed by atoms with van der Waals surface area (Å²) in [4.78, 5) is 1.79. The van der Waals surface area contributed by atoms with Gasteiger partial charge in [-0.3, -0.25) is 4.90 Å². The molecule has 0 aromatic rings. The van der Waals surface area contributed by atoms with E-state index in [2.05, 4.69) is 0 Å². The number of hydrogen-bond acceptors (Lipinski definition) is 4. The molecule has 4 radical (unpaired) electrons. The summed E-state index contributed by atoms with van der Waals surface area (Å²) in [7, 11) is 0. The second-order valence-electron chi connectivity index (χ2n) is 2.01. The Morgan fingerprint density at radius 2 is 1.00 bits per heavy atom. The number of hydrogen-bond donors (Lipinski definition) is 3. The Hall–Kier alpha value is 0.639. The van der Waals surface area contributed by atoms with Gasteiger partial charge in [0.2, 0.25) is 0 Å². The third-order valence-corrected chi connectivity index (χ3v) is 1.25. The topological polar surface area (TPSA) is 63.9 Å². The minimum Gasteiger partial charge on any atom is -0.395 e. The number of nitrogens with zero attached hydrogens (tertiary/aromatic N) is 1. The van der Waals surface area contributed by atoms with Crippen molar-refractivity contribution in [3.8, 4) is 0 Å². The molecule has 0 amide bonds. The number of rotatable bonds is 6. The Bertz CT molecular complexity index is 60.6. The molecule has 0 bridgehead atoms. The van der Waals surface area contributed by atoms with Crippen molar-refractivity contribution in [2.75, 3.05) is 39.5 Å². The maximum atomic E-state index is 8.48. The number of aliphatic hydroxyl groups excluding tert-OH is 3. The molecule has 0 aromatic heterocycles. The van der Waals surface area contributed by atoms with Crippen LogP contribution in [0.5, 0.6) is 0 Å². The molecule has 0 atom stereocenters. The first-order valence-electron chi connectivity index (χ1n) is 3.40. The Balaban J connectivity index is 0. The smallest absolute Gasteiger partial charge is 0.0558 e. The Labute approximate surface area is 83.8 Å². The quantitative estimate of drug-likeness (QED) is 0.482. The molecule has 0 aromatic carbocycles. The van der Waals surface area contributed by atoms with Gasteiger partial charge in [0.1, 0.15) is 0 Å². The van der Waals surface area contributed by atoms with Crippen LogP contribution in [0.3, 0.4) is 0 Å². The summed E-state index contributed by atoms with van der Waals surface area (Å²) in [6.07, 6.45) is 0. The zero-order chi connectivity index (χ0) is 7.82. The molecule has 0 heterocycles. The van der Waals surface area contributed by atoms with Crippen LogP contribution in [0.25, 0.3) is 0 Å². The molecule has 4 nitrogen and oxygen atoms in total. The average Bonchev–Trinajstić information content (AvgIpc) is 1.90. The van der Waals surface area contributed by atoms with Gasteiger partial charge < -0.3 is 15.3 Å². The summed E-state index contributed by atoms with van der Waals surface area (Å²) in [6, 6.07) is 0. The summed E-state index contributed by atoms with van der Waals surface area (Å²) in [5.41, 5.74) is 0. The van der Waals surface area contributed by atoms with Crippen molar-refractivity contribution in [2.45, 2.75) is 0 Å². The molecule has 0 fully saturated rings. The molecular weight excluding hydrogens is 253 g/mol. The van der Waals surface area contributed by atoms with Gasteiger partial charge in [-0.1, -0.05) is 0 Å². The van der Waals surface area contributed by atoms with Crippen LogP contribution in [0.1, 0.15) is 0 Å². The Morgan fingerprint density at radius 3 is 1.18 bits per heavy atom. The molecule has 0 saturated heterocycles. The van der Waals surface area contributed by atoms with E-state index in [0.717, 1.165) is 0 Å². The molecule has 0 unspecified atom stereocenters. The van der Waals surface area contributed by atoms with E-state index in [9.17, 15) is 0 Å². The van der Waals surface area contributed by atoms with Crippen LogP contribution in [0.2, 0.25) is 0 Å². The third-order valence-electron chi connectivity index (χ3n) is 1.25. The summed E-state index contributed by atoms with van der Waals surface area (Å²) in [6.45, 7) is 1.75. The van der Waals surface area contributed by atoms with Gasteiger partial charge in [-0.2, -0.15) is 0 Å². The first-order chi connectivity index (χ1) is 4.85. The summed E-state index contributed by atoms with van der Waals surface area (Å²) in [5, 5.41) is 25.5. The average molecular weight is 268 g/mol. The summed E-state index contributed by atoms with van der Waals surface area (Å²) < 4.78 is 0. The van der Waals surface area contributed by atoms with Crippen molar-refractivity contribution in [2.24, 2.45) is 0 Å². The molecule has 5 heteroatoms. The molecule has 0 aliphatic carbocycles. The molecule has 0 spiro atoms. The molecular formula is C6H15NO3Sn. The summed E-state index contributed by atoms with van der Waals surface area (Å²) >= 11 is 0. The molecule has 0 aliphatic heterocycles. The van der Waals surface area contributed by atoms with Crippen molar-refractivity contribution >= 4 is 23.9 Å². The molecule has 0 aliphatic rings. The fourth-order valence-electron chi connectivity index (χ4n) is 0.760. The van der Waals surface area contributed by atoms with Crippen molar-refractivity contribution < 1.29 is 15.3 Å². The van der Waals surface area contributed by atoms with E-state index in [1.54, 1.807) is 4.90 Å². The van der Waals surface area contributed by atoms with Gasteiger partial charge >= 0.3 is 0 Å². The first-order valence-corrected chi connectivity index (χ1v) is 3.40. The molecule has 0 saturated carbocycles. The fraction of sp³-hybridized carbons (Fsp3) is 1.00. The fourth-order valence-corrected chi connectivity index (χ4v) is 0.760. The normalized spacial score (nSPS) is 9.82. The van der Waals surface area contributed by atoms with E-state index in [4.69, 9.17) is 15.3 Å². The Morgan fingerprint density at radius 1 is 0.727 bits per heavy atom. The summed E-state index contributed by atoms with van der Waals surface area (Å²) in [5.74, 6) is 0. The predicted molar refractivity (Wildman–Crippen MR) is 43.5 cm³/mol. The van der Waals surface area contributed by atoms with Gasteiger partial charge in [0.25, 0.3) is 0 Å². The van der Waals surface area contributed by atoms with Crippen LogP contribution < -0.4 is 0 Å². The van der Waals surface area contributed by atoms with Crippen LogP contribution in [-0.4, -0.2) is 83.6 Å². The van der Waals surface area contributed by atoms with E-state index in [1.807, 2.05) is 0 Å². The van der Waals surface area contributed by atoms with Crippen LogP contribution >= 0.6 is 0 Å². The van der Waals surface area contributed by atoms with Crippen molar-refractivity contribution in [1.29, 1.82) is 0 Å². The van der Waals surface area contributed by atoms with Gasteiger partial charge in [0.05, 0.1) is 19.8 Å². The zero-order valence-electron chi connectivity index (χ0n) is 6.53. The van der Waals surface area contributed by atoms with Gasteiger partial charge in [-0.05, 0) is 0 Å². The predicted octanol–water partition coefficient (Wildman–Crippen LogP) is -2.12. The van der Waals surface area contributed by atoms with E-state index in [1.165, 1.54) is 0 Å². The van der Waals surface area contributed by atoms with Gasteiger partial charge in [-0.15, -0.1) is 0 Å². The van der Waals surface area contributed by atoms with E-state index in [-0.39, 0.29) is 43.7 Å². The minimum atomic E-state index is 0. The van der Waals surface area contributed by atoms with Gasteiger partial charge in [-0.25, -0.2) is 0 Å². The van der Waals surface area contributed by atoms with Crippen molar-refractivity contribution in [3.63, 3.8) is 0 Å². The largest absolute Gasteiger partial charge is 0.395 e. The van der Waals surface area contributed by atoms with Crippen LogP contribution in [0, 0.1) is 0 Å². The van der Waals surface area contributed by atoms with Crippen LogP contribution in [-0.2, 0) is 0 Å². The number of aliphatic hydroxyl groups is 3. The van der Waals surface area contributed by atoms with E-state index < -0.39 is 0 Å². The van der Waals surface area contributed by atoms with E-state index >= 15 is 0 Å². The van der Waals surface area contributed by atoms with E-state index in [0.29, 0.717) is 19.6 Å². The van der Waals surface area contributed by atoms with Crippen molar-refractivity contribution in [1.82, 2.24) is 4.90 Å². The minimum absolute atomic E-state index is 0.